The van der Waals surface area contributed by atoms with E-state index in [1.807, 2.05) is 20.8 Å². The van der Waals surface area contributed by atoms with Gasteiger partial charge in [0.1, 0.15) is 12.0 Å². The highest BCUT2D eigenvalue weighted by atomic mass is 16.5. The van der Waals surface area contributed by atoms with Gasteiger partial charge in [-0.25, -0.2) is 0 Å². The molecule has 1 rings (SSSR count). The lowest BCUT2D eigenvalue weighted by atomic mass is 9.59. The highest BCUT2D eigenvalue weighted by Gasteiger charge is 2.56. The van der Waals surface area contributed by atoms with E-state index in [4.69, 9.17) is 9.47 Å². The highest BCUT2D eigenvalue weighted by Crippen LogP contribution is 2.47. The topological polar surface area (TPSA) is 52.6 Å². The lowest BCUT2D eigenvalue weighted by Crippen LogP contribution is -2.53. The number of ketones is 1. The Balaban J connectivity index is 3.07. The van der Waals surface area contributed by atoms with Crippen LogP contribution in [0.4, 0.5) is 0 Å². The summed E-state index contributed by atoms with van der Waals surface area (Å²) in [6.45, 7) is 8.38. The number of hydrogen-bond acceptors (Lipinski definition) is 4. The van der Waals surface area contributed by atoms with Crippen LogP contribution in [0.1, 0.15) is 47.0 Å². The van der Waals surface area contributed by atoms with E-state index in [0.717, 1.165) is 19.3 Å². The van der Waals surface area contributed by atoms with Crippen molar-refractivity contribution >= 4 is 11.8 Å². The van der Waals surface area contributed by atoms with Gasteiger partial charge >= 0.3 is 5.97 Å². The van der Waals surface area contributed by atoms with Gasteiger partial charge in [0.2, 0.25) is 0 Å². The van der Waals surface area contributed by atoms with Crippen molar-refractivity contribution in [1.29, 1.82) is 0 Å². The van der Waals surface area contributed by atoms with Gasteiger partial charge in [-0.1, -0.05) is 20.3 Å². The van der Waals surface area contributed by atoms with E-state index in [-0.39, 0.29) is 30.2 Å². The summed E-state index contributed by atoms with van der Waals surface area (Å²) in [5.74, 6) is -0.446. The number of ether oxygens (including phenoxy) is 2. The standard InChI is InChI=1S/C15H26O4/c1-5-18-10-13(16)15(14(17)19-6-2)11(3)8-7-9-12(15)4/h11-12H,5-10H2,1-4H3. The normalized spacial score (nSPS) is 30.9. The van der Waals surface area contributed by atoms with E-state index in [2.05, 4.69) is 0 Å². The first-order chi connectivity index (χ1) is 9.01. The third-order valence-corrected chi connectivity index (χ3v) is 4.34. The van der Waals surface area contributed by atoms with Gasteiger partial charge in [0.15, 0.2) is 5.78 Å². The molecular formula is C15H26O4. The van der Waals surface area contributed by atoms with Gasteiger partial charge in [0.05, 0.1) is 6.61 Å². The van der Waals surface area contributed by atoms with Gasteiger partial charge in [-0.05, 0) is 38.5 Å². The van der Waals surface area contributed by atoms with Gasteiger partial charge in [-0.3, -0.25) is 9.59 Å². The second-order valence-corrected chi connectivity index (χ2v) is 5.38. The van der Waals surface area contributed by atoms with E-state index in [1.54, 1.807) is 6.92 Å². The molecule has 1 saturated carbocycles. The lowest BCUT2D eigenvalue weighted by molar-refractivity contribution is -0.173. The molecule has 1 fully saturated rings. The first-order valence-corrected chi connectivity index (χ1v) is 7.29. The Morgan fingerprint density at radius 2 is 1.68 bits per heavy atom. The quantitative estimate of drug-likeness (QED) is 0.550. The maximum atomic E-state index is 12.6. The molecule has 1 aliphatic rings. The molecule has 2 atom stereocenters. The molecule has 1 aliphatic carbocycles. The fourth-order valence-corrected chi connectivity index (χ4v) is 3.30. The van der Waals surface area contributed by atoms with Gasteiger partial charge in [0, 0.05) is 6.61 Å². The predicted octanol–water partition coefficient (Wildman–Crippen LogP) is 2.60. The Morgan fingerprint density at radius 3 is 2.16 bits per heavy atom. The number of carbonyl (C=O) groups is 2. The predicted molar refractivity (Wildman–Crippen MR) is 72.7 cm³/mol. The van der Waals surface area contributed by atoms with Crippen molar-refractivity contribution in [2.75, 3.05) is 19.8 Å². The largest absolute Gasteiger partial charge is 0.465 e. The van der Waals surface area contributed by atoms with Crippen LogP contribution < -0.4 is 0 Å². The van der Waals surface area contributed by atoms with Crippen LogP contribution in [-0.2, 0) is 19.1 Å². The third kappa shape index (κ3) is 2.99. The molecule has 0 bridgehead atoms. The average molecular weight is 270 g/mol. The van der Waals surface area contributed by atoms with Crippen LogP contribution in [0, 0.1) is 17.3 Å². The zero-order valence-electron chi connectivity index (χ0n) is 12.5. The molecule has 0 saturated heterocycles. The van der Waals surface area contributed by atoms with E-state index in [0.29, 0.717) is 13.2 Å². The molecule has 110 valence electrons. The van der Waals surface area contributed by atoms with Crippen LogP contribution in [0.15, 0.2) is 0 Å². The first kappa shape index (κ1) is 16.2. The molecule has 0 N–H and O–H groups in total. The Morgan fingerprint density at radius 1 is 1.11 bits per heavy atom. The molecule has 0 spiro atoms. The summed E-state index contributed by atoms with van der Waals surface area (Å²) in [4.78, 5) is 25.0. The number of esters is 1. The number of rotatable bonds is 6. The van der Waals surface area contributed by atoms with Crippen molar-refractivity contribution in [2.45, 2.75) is 47.0 Å². The van der Waals surface area contributed by atoms with E-state index < -0.39 is 5.41 Å². The molecule has 4 nitrogen and oxygen atoms in total. The first-order valence-electron chi connectivity index (χ1n) is 7.29. The van der Waals surface area contributed by atoms with E-state index >= 15 is 0 Å². The summed E-state index contributed by atoms with van der Waals surface area (Å²) in [7, 11) is 0. The Kier molecular flexibility index (Phi) is 5.98. The third-order valence-electron chi connectivity index (χ3n) is 4.34. The zero-order valence-corrected chi connectivity index (χ0v) is 12.5. The maximum Gasteiger partial charge on any atom is 0.320 e. The highest BCUT2D eigenvalue weighted by molar-refractivity contribution is 6.05. The maximum absolute atomic E-state index is 12.6. The molecule has 0 aromatic carbocycles. The Hall–Kier alpha value is -0.900. The van der Waals surface area contributed by atoms with Gasteiger partial charge in [0.25, 0.3) is 0 Å². The summed E-state index contributed by atoms with van der Waals surface area (Å²) < 4.78 is 10.5. The molecule has 0 heterocycles. The summed E-state index contributed by atoms with van der Waals surface area (Å²) >= 11 is 0. The van der Waals surface area contributed by atoms with Crippen molar-refractivity contribution in [3.05, 3.63) is 0 Å². The number of hydrogen-bond donors (Lipinski definition) is 0. The minimum Gasteiger partial charge on any atom is -0.465 e. The molecule has 0 aromatic rings. The van der Waals surface area contributed by atoms with E-state index in [1.165, 1.54) is 0 Å². The monoisotopic (exact) mass is 270 g/mol. The number of Topliss-reactive ketones (excluding diaryl/α,β-unsaturated/α-hetero) is 1. The summed E-state index contributed by atoms with van der Waals surface area (Å²) in [6, 6.07) is 0. The summed E-state index contributed by atoms with van der Waals surface area (Å²) in [5.41, 5.74) is -1.01. The minimum absolute atomic E-state index is 0.00396. The van der Waals surface area contributed by atoms with Crippen molar-refractivity contribution in [3.63, 3.8) is 0 Å². The average Bonchev–Trinajstić information content (AvgIpc) is 2.37. The smallest absolute Gasteiger partial charge is 0.320 e. The zero-order chi connectivity index (χ0) is 14.5. The van der Waals surface area contributed by atoms with E-state index in [9.17, 15) is 9.59 Å². The van der Waals surface area contributed by atoms with Crippen molar-refractivity contribution in [2.24, 2.45) is 17.3 Å². The van der Waals surface area contributed by atoms with Gasteiger partial charge < -0.3 is 9.47 Å². The van der Waals surface area contributed by atoms with Crippen molar-refractivity contribution in [1.82, 2.24) is 0 Å². The second-order valence-electron chi connectivity index (χ2n) is 5.38. The summed E-state index contributed by atoms with van der Waals surface area (Å²) in [5, 5.41) is 0. The van der Waals surface area contributed by atoms with Crippen LogP contribution in [0.5, 0.6) is 0 Å². The molecule has 0 radical (unpaired) electrons. The Labute approximate surface area is 115 Å². The molecule has 2 unspecified atom stereocenters. The molecule has 4 heteroatoms. The van der Waals surface area contributed by atoms with Crippen LogP contribution in [0.3, 0.4) is 0 Å². The second kappa shape index (κ2) is 7.04. The summed E-state index contributed by atoms with van der Waals surface area (Å²) in [6.07, 6.45) is 2.84. The molecule has 19 heavy (non-hydrogen) atoms. The van der Waals surface area contributed by atoms with Crippen LogP contribution in [0.25, 0.3) is 0 Å². The molecule has 0 amide bonds. The molecule has 0 aliphatic heterocycles. The van der Waals surface area contributed by atoms with Crippen LogP contribution in [0.2, 0.25) is 0 Å². The lowest BCUT2D eigenvalue weighted by Gasteiger charge is -2.43. The number of carbonyl (C=O) groups excluding carboxylic acids is 2. The van der Waals surface area contributed by atoms with Gasteiger partial charge in [-0.15, -0.1) is 0 Å². The fourth-order valence-electron chi connectivity index (χ4n) is 3.30. The fraction of sp³-hybridized carbons (Fsp3) is 0.867. The minimum atomic E-state index is -1.01. The molecular weight excluding hydrogens is 244 g/mol. The van der Waals surface area contributed by atoms with Gasteiger partial charge in [-0.2, -0.15) is 0 Å². The van der Waals surface area contributed by atoms with Crippen LogP contribution in [-0.4, -0.2) is 31.6 Å². The SMILES string of the molecule is CCOCC(=O)C1(C(=O)OCC)C(C)CCCC1C. The van der Waals surface area contributed by atoms with Crippen molar-refractivity contribution < 1.29 is 19.1 Å². The van der Waals surface area contributed by atoms with Crippen LogP contribution >= 0.6 is 0 Å². The Bertz CT molecular complexity index is 314. The van der Waals surface area contributed by atoms with Crippen molar-refractivity contribution in [3.8, 4) is 0 Å². The molecule has 0 aromatic heterocycles.